The minimum Gasteiger partial charge on any atom is -0.307 e. The Bertz CT molecular complexity index is 1560. The number of anilines is 1. The summed E-state index contributed by atoms with van der Waals surface area (Å²) >= 11 is 0. The third kappa shape index (κ3) is 6.39. The fraction of sp³-hybridized carbons (Fsp3) is 0.241. The van der Waals surface area contributed by atoms with Crippen LogP contribution in [0.3, 0.4) is 0 Å². The van der Waals surface area contributed by atoms with Crippen molar-refractivity contribution in [3.63, 3.8) is 0 Å². The van der Waals surface area contributed by atoms with E-state index in [2.05, 4.69) is 37.0 Å². The number of amides is 1. The molecule has 0 spiro atoms. The first-order valence-corrected chi connectivity index (χ1v) is 12.4. The van der Waals surface area contributed by atoms with Crippen LogP contribution < -0.4 is 5.32 Å². The lowest BCUT2D eigenvalue weighted by Gasteiger charge is -2.33. The Hall–Kier alpha value is -4.33. The number of fused-ring (bicyclic) bond motifs is 1. The van der Waals surface area contributed by atoms with Gasteiger partial charge in [-0.25, -0.2) is 4.98 Å². The third-order valence-electron chi connectivity index (χ3n) is 6.52. The number of nitrogens with one attached hydrogen (secondary N) is 1. The maximum atomic E-state index is 13.9. The van der Waals surface area contributed by atoms with Crippen LogP contribution in [0.5, 0.6) is 0 Å². The summed E-state index contributed by atoms with van der Waals surface area (Å²) in [5, 5.41) is 3.45. The highest BCUT2D eigenvalue weighted by Crippen LogP contribution is 2.33. The number of hydrogen-bond donors (Lipinski definition) is 1. The highest BCUT2D eigenvalue weighted by Gasteiger charge is 2.34. The number of piperazine rings is 1. The minimum atomic E-state index is -4.59. The second-order valence-electron chi connectivity index (χ2n) is 9.35. The molecule has 0 bridgehead atoms. The molecule has 1 aliphatic rings. The van der Waals surface area contributed by atoms with Crippen LogP contribution in [0.25, 0.3) is 10.9 Å². The van der Waals surface area contributed by atoms with Crippen molar-refractivity contribution >= 4 is 22.6 Å². The molecule has 198 valence electrons. The summed E-state index contributed by atoms with van der Waals surface area (Å²) in [6.07, 6.45) is 1.89. The number of halogens is 3. The number of carbonyl (C=O) groups is 1. The molecule has 4 heterocycles. The van der Waals surface area contributed by atoms with Crippen LogP contribution >= 0.6 is 0 Å². The second kappa shape index (κ2) is 11.2. The smallest absolute Gasteiger partial charge is 0.307 e. The van der Waals surface area contributed by atoms with Crippen molar-refractivity contribution < 1.29 is 18.0 Å². The SMILES string of the molecule is CN1CCN(Cc2ccc(C(=O)Nc3cc(C#Cc4cncc5cccnc45)ccn3)cc2C(F)(F)F)CC1. The van der Waals surface area contributed by atoms with E-state index in [0.717, 1.165) is 30.1 Å². The normalized spacial score (nSPS) is 14.6. The first-order valence-electron chi connectivity index (χ1n) is 12.4. The molecule has 1 saturated heterocycles. The lowest BCUT2D eigenvalue weighted by molar-refractivity contribution is -0.138. The van der Waals surface area contributed by atoms with Gasteiger partial charge in [-0.1, -0.05) is 17.9 Å². The number of aromatic nitrogens is 3. The summed E-state index contributed by atoms with van der Waals surface area (Å²) in [4.78, 5) is 29.7. The van der Waals surface area contributed by atoms with E-state index in [4.69, 9.17) is 0 Å². The summed E-state index contributed by atoms with van der Waals surface area (Å²) in [5.74, 6) is 5.53. The molecule has 0 aliphatic carbocycles. The van der Waals surface area contributed by atoms with Crippen molar-refractivity contribution in [3.05, 3.63) is 95.1 Å². The summed E-state index contributed by atoms with van der Waals surface area (Å²) in [6.45, 7) is 3.15. The Morgan fingerprint density at radius 2 is 1.82 bits per heavy atom. The van der Waals surface area contributed by atoms with Crippen molar-refractivity contribution in [2.75, 3.05) is 38.5 Å². The van der Waals surface area contributed by atoms with Gasteiger partial charge in [0.15, 0.2) is 0 Å². The van der Waals surface area contributed by atoms with E-state index < -0.39 is 17.6 Å². The van der Waals surface area contributed by atoms with Gasteiger partial charge in [-0.05, 0) is 49.0 Å². The lowest BCUT2D eigenvalue weighted by atomic mass is 10.0. The van der Waals surface area contributed by atoms with Crippen molar-refractivity contribution in [1.82, 2.24) is 24.8 Å². The Balaban J connectivity index is 1.33. The maximum absolute atomic E-state index is 13.9. The molecule has 0 saturated carbocycles. The van der Waals surface area contributed by atoms with E-state index in [9.17, 15) is 18.0 Å². The van der Waals surface area contributed by atoms with E-state index in [0.29, 0.717) is 24.2 Å². The van der Waals surface area contributed by atoms with Gasteiger partial charge in [0.1, 0.15) is 5.82 Å². The standard InChI is InChI=1S/C29H25F3N6O/c1-37-11-13-38(14-12-37)19-24-7-6-21(16-25(24)29(30,31)32)28(39)36-26-15-20(8-10-34-26)4-5-23-18-33-17-22-3-2-9-35-27(22)23/h2-3,6-10,15-18H,11-14,19H2,1H3,(H,34,36,39). The Kier molecular flexibility index (Phi) is 7.54. The quantitative estimate of drug-likeness (QED) is 0.394. The van der Waals surface area contributed by atoms with E-state index in [1.807, 2.05) is 24.1 Å². The van der Waals surface area contributed by atoms with Crippen LogP contribution in [0, 0.1) is 11.8 Å². The molecular weight excluding hydrogens is 505 g/mol. The van der Waals surface area contributed by atoms with Gasteiger partial charge in [-0.3, -0.25) is 19.7 Å². The van der Waals surface area contributed by atoms with Gasteiger partial charge in [0.05, 0.1) is 16.6 Å². The van der Waals surface area contributed by atoms with Crippen LogP contribution in [0.1, 0.15) is 32.6 Å². The lowest BCUT2D eigenvalue weighted by Crippen LogP contribution is -2.44. The predicted molar refractivity (Wildman–Crippen MR) is 142 cm³/mol. The number of likely N-dealkylation sites (N-methyl/N-ethyl adjacent to an activating group) is 1. The number of hydrogen-bond acceptors (Lipinski definition) is 6. The molecule has 10 heteroatoms. The van der Waals surface area contributed by atoms with Gasteiger partial charge < -0.3 is 10.2 Å². The van der Waals surface area contributed by atoms with E-state index in [-0.39, 0.29) is 23.5 Å². The molecular formula is C29H25F3N6O. The highest BCUT2D eigenvalue weighted by molar-refractivity contribution is 6.04. The zero-order valence-corrected chi connectivity index (χ0v) is 21.2. The molecule has 3 aromatic heterocycles. The number of carbonyl (C=O) groups excluding carboxylic acids is 1. The molecule has 7 nitrogen and oxygen atoms in total. The molecule has 1 aliphatic heterocycles. The molecule has 1 amide bonds. The first kappa shape index (κ1) is 26.3. The van der Waals surface area contributed by atoms with Gasteiger partial charge in [-0.2, -0.15) is 13.2 Å². The van der Waals surface area contributed by atoms with E-state index in [1.165, 1.54) is 18.3 Å². The Labute approximate surface area is 223 Å². The molecule has 4 aromatic rings. The van der Waals surface area contributed by atoms with Crippen LogP contribution in [-0.2, 0) is 12.7 Å². The topological polar surface area (TPSA) is 74.2 Å². The molecule has 1 fully saturated rings. The van der Waals surface area contributed by atoms with Crippen molar-refractivity contribution in [3.8, 4) is 11.8 Å². The maximum Gasteiger partial charge on any atom is 0.416 e. The summed E-state index contributed by atoms with van der Waals surface area (Å²) in [6, 6.07) is 10.6. The molecule has 0 radical (unpaired) electrons. The number of pyridine rings is 3. The number of rotatable bonds is 4. The van der Waals surface area contributed by atoms with Crippen LogP contribution in [0.2, 0.25) is 0 Å². The van der Waals surface area contributed by atoms with Crippen molar-refractivity contribution in [1.29, 1.82) is 0 Å². The average Bonchev–Trinajstić information content (AvgIpc) is 2.93. The van der Waals surface area contributed by atoms with Crippen molar-refractivity contribution in [2.24, 2.45) is 0 Å². The molecule has 0 atom stereocenters. The Morgan fingerprint density at radius 1 is 1.00 bits per heavy atom. The highest BCUT2D eigenvalue weighted by atomic mass is 19.4. The molecule has 5 rings (SSSR count). The fourth-order valence-electron chi connectivity index (χ4n) is 4.36. The molecule has 1 aromatic carbocycles. The second-order valence-corrected chi connectivity index (χ2v) is 9.35. The molecule has 39 heavy (non-hydrogen) atoms. The Morgan fingerprint density at radius 3 is 2.62 bits per heavy atom. The van der Waals surface area contributed by atoms with Gasteiger partial charge in [0, 0.05) is 74.0 Å². The largest absolute Gasteiger partial charge is 0.416 e. The predicted octanol–water partition coefficient (Wildman–Crippen LogP) is 4.44. The molecule has 1 N–H and O–H groups in total. The van der Waals surface area contributed by atoms with Gasteiger partial charge >= 0.3 is 6.18 Å². The first-order chi connectivity index (χ1) is 18.8. The monoisotopic (exact) mass is 530 g/mol. The third-order valence-corrected chi connectivity index (χ3v) is 6.52. The fourth-order valence-corrected chi connectivity index (χ4v) is 4.36. The summed E-state index contributed by atoms with van der Waals surface area (Å²) in [5.41, 5.74) is 1.17. The van der Waals surface area contributed by atoms with Crippen LogP contribution in [-0.4, -0.2) is 63.9 Å². The number of benzene rings is 1. The molecule has 0 unspecified atom stereocenters. The van der Waals surface area contributed by atoms with Crippen LogP contribution in [0.15, 0.2) is 67.3 Å². The zero-order valence-electron chi connectivity index (χ0n) is 21.2. The van der Waals surface area contributed by atoms with E-state index >= 15 is 0 Å². The zero-order chi connectivity index (χ0) is 27.4. The minimum absolute atomic E-state index is 0.101. The number of alkyl halides is 3. The number of nitrogens with zero attached hydrogens (tertiary/aromatic N) is 5. The van der Waals surface area contributed by atoms with E-state index in [1.54, 1.807) is 30.7 Å². The average molecular weight is 531 g/mol. The summed E-state index contributed by atoms with van der Waals surface area (Å²) in [7, 11) is 1.99. The van der Waals surface area contributed by atoms with Gasteiger partial charge in [0.2, 0.25) is 0 Å². The van der Waals surface area contributed by atoms with Gasteiger partial charge in [-0.15, -0.1) is 0 Å². The van der Waals surface area contributed by atoms with Crippen molar-refractivity contribution in [2.45, 2.75) is 12.7 Å². The summed E-state index contributed by atoms with van der Waals surface area (Å²) < 4.78 is 41.7. The van der Waals surface area contributed by atoms with Crippen LogP contribution in [0.4, 0.5) is 19.0 Å². The van der Waals surface area contributed by atoms with Gasteiger partial charge in [0.25, 0.3) is 5.91 Å².